The van der Waals surface area contributed by atoms with Crippen molar-refractivity contribution in [1.82, 2.24) is 0 Å². The molecule has 0 saturated carbocycles. The molecule has 0 N–H and O–H groups in total. The minimum absolute atomic E-state index is 0. The summed E-state index contributed by atoms with van der Waals surface area (Å²) in [5.74, 6) is 0. The van der Waals surface area contributed by atoms with Crippen molar-refractivity contribution in [3.8, 4) is 0 Å². The van der Waals surface area contributed by atoms with Gasteiger partial charge in [-0.3, -0.25) is 0 Å². The van der Waals surface area contributed by atoms with Gasteiger partial charge < -0.3 is 0 Å². The van der Waals surface area contributed by atoms with E-state index < -0.39 is 0 Å². The van der Waals surface area contributed by atoms with E-state index in [1.807, 2.05) is 0 Å². The Hall–Kier alpha value is 1.95. The third-order valence-corrected chi connectivity index (χ3v) is 0. The van der Waals surface area contributed by atoms with Crippen LogP contribution in [0.15, 0.2) is 0 Å². The molecule has 4 heavy (non-hydrogen) atoms. The first-order valence-corrected chi connectivity index (χ1v) is 0. The zero-order valence-corrected chi connectivity index (χ0v) is 6.21. The average molecular weight is 220 g/mol. The largest absolute Gasteiger partial charge is 0 e. The molecule has 0 aromatic rings. The maximum Gasteiger partial charge on any atom is 0 e. The van der Waals surface area contributed by atoms with Crippen molar-refractivity contribution in [3.05, 3.63) is 0 Å². The first-order valence-electron chi connectivity index (χ1n) is 0. The summed E-state index contributed by atoms with van der Waals surface area (Å²) in [5.41, 5.74) is 0. The quantitative estimate of drug-likeness (QED) is 0.487. The molecule has 0 aliphatic heterocycles. The molecule has 4 heteroatoms. The van der Waals surface area contributed by atoms with Crippen molar-refractivity contribution in [1.29, 1.82) is 0 Å². The van der Waals surface area contributed by atoms with Crippen LogP contribution in [0.1, 0.15) is 0 Å². The summed E-state index contributed by atoms with van der Waals surface area (Å²) in [4.78, 5) is 0. The molecule has 0 rings (SSSR count). The maximum atomic E-state index is 0. The molecular formula is BCoNiZr. The Morgan fingerprint density at radius 3 is 1.00 bits per heavy atom. The molecule has 0 heterocycles. The van der Waals surface area contributed by atoms with E-state index in [0.29, 0.717) is 0 Å². The molecule has 0 aliphatic rings. The van der Waals surface area contributed by atoms with Crippen LogP contribution in [0.3, 0.4) is 0 Å². The van der Waals surface area contributed by atoms with Gasteiger partial charge in [0.05, 0.1) is 0 Å². The summed E-state index contributed by atoms with van der Waals surface area (Å²) in [5, 5.41) is 0. The maximum absolute atomic E-state index is 0. The van der Waals surface area contributed by atoms with Crippen molar-refractivity contribution in [2.45, 2.75) is 0 Å². The summed E-state index contributed by atoms with van der Waals surface area (Å²) in [6.45, 7) is 0. The number of hydrogen-bond acceptors (Lipinski definition) is 0. The van der Waals surface area contributed by atoms with Crippen LogP contribution in [0.2, 0.25) is 0 Å². The Balaban J connectivity index is 0. The zero-order valence-electron chi connectivity index (χ0n) is 1.73. The van der Waals surface area contributed by atoms with Gasteiger partial charge in [0.1, 0.15) is 0 Å². The Morgan fingerprint density at radius 2 is 1.00 bits per heavy atom. The molecule has 0 aromatic heterocycles. The van der Waals surface area contributed by atoms with Crippen LogP contribution >= 0.6 is 0 Å². The fourth-order valence-corrected chi connectivity index (χ4v) is 0. The second kappa shape index (κ2) is 20.3. The molecule has 0 bridgehead atoms. The summed E-state index contributed by atoms with van der Waals surface area (Å²) < 4.78 is 0. The predicted octanol–water partition coefficient (Wildman–Crippen LogP) is -0.388. The van der Waals surface area contributed by atoms with Crippen LogP contribution < -0.4 is 0 Å². The number of hydrogen-bond donors (Lipinski definition) is 0. The van der Waals surface area contributed by atoms with Crippen LogP contribution in [0.25, 0.3) is 0 Å². The molecule has 0 spiro atoms. The van der Waals surface area contributed by atoms with Gasteiger partial charge in [-0.15, -0.1) is 0 Å². The molecular weight excluding hydrogens is 220 g/mol. The monoisotopic (exact) mass is 218 g/mol. The number of rotatable bonds is 0. The molecule has 0 amide bonds. The van der Waals surface area contributed by atoms with E-state index in [1.165, 1.54) is 0 Å². The SMILES string of the molecule is [B].[Co].[Ni].[Zr]. The van der Waals surface area contributed by atoms with Gasteiger partial charge in [0.25, 0.3) is 0 Å². The summed E-state index contributed by atoms with van der Waals surface area (Å²) in [7, 11) is 0. The summed E-state index contributed by atoms with van der Waals surface area (Å²) in [6.07, 6.45) is 0. The van der Waals surface area contributed by atoms with Crippen molar-refractivity contribution < 1.29 is 59.5 Å². The molecule has 4 radical (unpaired) electrons. The van der Waals surface area contributed by atoms with Crippen molar-refractivity contribution in [2.24, 2.45) is 0 Å². The van der Waals surface area contributed by atoms with Crippen molar-refractivity contribution in [3.63, 3.8) is 0 Å². The van der Waals surface area contributed by atoms with E-state index in [0.717, 1.165) is 0 Å². The van der Waals surface area contributed by atoms with Crippen LogP contribution in [-0.2, 0) is 59.5 Å². The molecule has 26 valence electrons. The van der Waals surface area contributed by atoms with Crippen LogP contribution in [0.4, 0.5) is 0 Å². The standard InChI is InChI=1S/B.Co.Ni.Zr. The van der Waals surface area contributed by atoms with Crippen LogP contribution in [0, 0.1) is 0 Å². The van der Waals surface area contributed by atoms with Gasteiger partial charge >= 0.3 is 0 Å². The molecule has 0 unspecified atom stereocenters. The summed E-state index contributed by atoms with van der Waals surface area (Å²) in [6, 6.07) is 0. The van der Waals surface area contributed by atoms with Crippen molar-refractivity contribution in [2.75, 3.05) is 0 Å². The van der Waals surface area contributed by atoms with E-state index in [-0.39, 0.29) is 67.9 Å². The second-order valence-electron chi connectivity index (χ2n) is 0. The van der Waals surface area contributed by atoms with E-state index in [2.05, 4.69) is 0 Å². The van der Waals surface area contributed by atoms with Crippen LogP contribution in [-0.4, -0.2) is 8.41 Å². The van der Waals surface area contributed by atoms with Gasteiger partial charge in [-0.25, -0.2) is 0 Å². The second-order valence-corrected chi connectivity index (χ2v) is 0. The Bertz CT molecular complexity index is 8.00. The van der Waals surface area contributed by atoms with Gasteiger partial charge in [-0.1, -0.05) is 0 Å². The first-order chi connectivity index (χ1) is 0. The molecule has 0 aromatic carbocycles. The Kier molecular flexibility index (Phi) is 195. The van der Waals surface area contributed by atoms with Gasteiger partial charge in [-0.2, -0.15) is 0 Å². The normalized spacial score (nSPS) is 0. The van der Waals surface area contributed by atoms with Gasteiger partial charge in [0, 0.05) is 67.9 Å². The third-order valence-electron chi connectivity index (χ3n) is 0. The smallest absolute Gasteiger partial charge is 0 e. The molecule has 0 fully saturated rings. The Labute approximate surface area is 67.3 Å². The fraction of sp³-hybridized carbons (Fsp3) is 0. The molecule has 0 aliphatic carbocycles. The minimum Gasteiger partial charge on any atom is 0 e. The summed E-state index contributed by atoms with van der Waals surface area (Å²) >= 11 is 0. The first kappa shape index (κ1) is 38.4. The zero-order chi connectivity index (χ0) is 0. The average Bonchev–Trinajstić information content (AvgIpc) is 0. The van der Waals surface area contributed by atoms with Crippen molar-refractivity contribution >= 4 is 8.41 Å². The van der Waals surface area contributed by atoms with Crippen LogP contribution in [0.5, 0.6) is 0 Å². The molecule has 0 nitrogen and oxygen atoms in total. The van der Waals surface area contributed by atoms with E-state index >= 15 is 0 Å². The van der Waals surface area contributed by atoms with Gasteiger partial charge in [-0.05, 0) is 0 Å². The minimum atomic E-state index is 0. The molecule has 0 atom stereocenters. The third kappa shape index (κ3) is 9.04. The topological polar surface area (TPSA) is 0 Å². The Morgan fingerprint density at radius 1 is 1.00 bits per heavy atom. The van der Waals surface area contributed by atoms with Gasteiger partial charge in [0.15, 0.2) is 0 Å². The predicted molar refractivity (Wildman–Crippen MR) is 5.75 cm³/mol. The molecule has 0 saturated heterocycles. The fourth-order valence-electron chi connectivity index (χ4n) is 0. The van der Waals surface area contributed by atoms with Gasteiger partial charge in [0.2, 0.25) is 0 Å². The van der Waals surface area contributed by atoms with E-state index in [9.17, 15) is 0 Å². The van der Waals surface area contributed by atoms with E-state index in [1.54, 1.807) is 0 Å². The van der Waals surface area contributed by atoms with E-state index in [4.69, 9.17) is 0 Å².